The Labute approximate surface area is 205 Å². The summed E-state index contributed by atoms with van der Waals surface area (Å²) in [6.07, 6.45) is 19.2. The SMILES string of the molecule is O=C(OCC1CCC(COC(=O)C23CC4CC(CC(C4)C2)C3)CC1)C12CC3CC(CC(C3)C1)C2. The van der Waals surface area contributed by atoms with E-state index in [1.807, 2.05) is 0 Å². The van der Waals surface area contributed by atoms with E-state index in [9.17, 15) is 9.59 Å². The molecule has 0 N–H and O–H groups in total. The lowest BCUT2D eigenvalue weighted by atomic mass is 9.49. The Balaban J connectivity index is 0.859. The predicted molar refractivity (Wildman–Crippen MR) is 129 cm³/mol. The minimum absolute atomic E-state index is 0.128. The number of ether oxygens (including phenoxy) is 2. The van der Waals surface area contributed by atoms with E-state index in [2.05, 4.69) is 0 Å². The second-order valence-electron chi connectivity index (χ2n) is 14.5. The zero-order valence-electron chi connectivity index (χ0n) is 21.0. The molecule has 188 valence electrons. The molecule has 9 aliphatic carbocycles. The van der Waals surface area contributed by atoms with Crippen LogP contribution in [0.5, 0.6) is 0 Å². The van der Waals surface area contributed by atoms with E-state index in [0.29, 0.717) is 25.0 Å². The highest BCUT2D eigenvalue weighted by molar-refractivity contribution is 5.78. The van der Waals surface area contributed by atoms with E-state index in [4.69, 9.17) is 9.47 Å². The molecule has 9 fully saturated rings. The number of hydrogen-bond acceptors (Lipinski definition) is 4. The van der Waals surface area contributed by atoms with Crippen molar-refractivity contribution in [2.45, 2.75) is 103 Å². The van der Waals surface area contributed by atoms with Crippen LogP contribution in [0, 0.1) is 58.2 Å². The van der Waals surface area contributed by atoms with Crippen LogP contribution < -0.4 is 0 Å². The molecule has 0 aliphatic heterocycles. The molecule has 9 rings (SSSR count). The van der Waals surface area contributed by atoms with Gasteiger partial charge in [-0.05, 0) is 150 Å². The first kappa shape index (κ1) is 22.2. The summed E-state index contributed by atoms with van der Waals surface area (Å²) in [5.41, 5.74) is -0.255. The van der Waals surface area contributed by atoms with Crippen LogP contribution in [0.1, 0.15) is 103 Å². The van der Waals surface area contributed by atoms with Crippen molar-refractivity contribution in [3.8, 4) is 0 Å². The van der Waals surface area contributed by atoms with Gasteiger partial charge in [0.25, 0.3) is 0 Å². The van der Waals surface area contributed by atoms with Crippen molar-refractivity contribution in [3.63, 3.8) is 0 Å². The van der Waals surface area contributed by atoms with Gasteiger partial charge in [0.15, 0.2) is 0 Å². The average Bonchev–Trinajstić information content (AvgIpc) is 2.80. The maximum Gasteiger partial charge on any atom is 0.312 e. The number of hydrogen-bond donors (Lipinski definition) is 0. The summed E-state index contributed by atoms with van der Waals surface area (Å²) in [4.78, 5) is 26.3. The maximum atomic E-state index is 13.2. The van der Waals surface area contributed by atoms with Gasteiger partial charge in [-0.25, -0.2) is 0 Å². The van der Waals surface area contributed by atoms with Crippen molar-refractivity contribution in [1.29, 1.82) is 0 Å². The highest BCUT2D eigenvalue weighted by Crippen LogP contribution is 2.61. The first-order chi connectivity index (χ1) is 16.5. The lowest BCUT2D eigenvalue weighted by Crippen LogP contribution is -2.51. The lowest BCUT2D eigenvalue weighted by molar-refractivity contribution is -0.175. The van der Waals surface area contributed by atoms with Crippen molar-refractivity contribution in [1.82, 2.24) is 0 Å². The topological polar surface area (TPSA) is 52.6 Å². The van der Waals surface area contributed by atoms with Crippen molar-refractivity contribution in [2.75, 3.05) is 13.2 Å². The van der Waals surface area contributed by atoms with Gasteiger partial charge < -0.3 is 9.47 Å². The Morgan fingerprint density at radius 3 is 1.03 bits per heavy atom. The minimum atomic E-state index is -0.128. The molecule has 0 radical (unpaired) electrons. The van der Waals surface area contributed by atoms with E-state index in [1.54, 1.807) is 0 Å². The smallest absolute Gasteiger partial charge is 0.312 e. The van der Waals surface area contributed by atoms with Crippen LogP contribution >= 0.6 is 0 Å². The quantitative estimate of drug-likeness (QED) is 0.429. The van der Waals surface area contributed by atoms with Crippen molar-refractivity contribution in [2.24, 2.45) is 58.2 Å². The molecule has 0 atom stereocenters. The molecular weight excluding hydrogens is 424 g/mol. The van der Waals surface area contributed by atoms with Gasteiger partial charge in [-0.1, -0.05) is 0 Å². The van der Waals surface area contributed by atoms with E-state index in [1.165, 1.54) is 38.5 Å². The highest BCUT2D eigenvalue weighted by atomic mass is 16.5. The fraction of sp³-hybridized carbons (Fsp3) is 0.933. The van der Waals surface area contributed by atoms with E-state index in [0.717, 1.165) is 99.7 Å². The third-order valence-corrected chi connectivity index (χ3v) is 11.8. The highest BCUT2D eigenvalue weighted by Gasteiger charge is 2.56. The largest absolute Gasteiger partial charge is 0.465 e. The second-order valence-corrected chi connectivity index (χ2v) is 14.5. The third kappa shape index (κ3) is 3.84. The molecule has 0 amide bonds. The summed E-state index contributed by atoms with van der Waals surface area (Å²) >= 11 is 0. The van der Waals surface area contributed by atoms with Gasteiger partial charge in [-0.3, -0.25) is 9.59 Å². The second kappa shape index (κ2) is 8.23. The normalized spacial score (nSPS) is 50.4. The molecule has 0 aromatic carbocycles. The van der Waals surface area contributed by atoms with Gasteiger partial charge in [0, 0.05) is 0 Å². The lowest BCUT2D eigenvalue weighted by Gasteiger charge is -2.55. The summed E-state index contributed by atoms with van der Waals surface area (Å²) in [6, 6.07) is 0. The van der Waals surface area contributed by atoms with Crippen molar-refractivity contribution < 1.29 is 19.1 Å². The van der Waals surface area contributed by atoms with E-state index < -0.39 is 0 Å². The molecule has 34 heavy (non-hydrogen) atoms. The minimum Gasteiger partial charge on any atom is -0.465 e. The van der Waals surface area contributed by atoms with Crippen LogP contribution in [0.15, 0.2) is 0 Å². The zero-order chi connectivity index (χ0) is 22.9. The molecule has 4 nitrogen and oxygen atoms in total. The van der Waals surface area contributed by atoms with E-state index in [-0.39, 0.29) is 22.8 Å². The molecule has 0 heterocycles. The molecule has 0 spiro atoms. The van der Waals surface area contributed by atoms with Crippen molar-refractivity contribution >= 4 is 11.9 Å². The zero-order valence-corrected chi connectivity index (χ0v) is 21.0. The van der Waals surface area contributed by atoms with Gasteiger partial charge in [0.2, 0.25) is 0 Å². The fourth-order valence-corrected chi connectivity index (χ4v) is 11.0. The number of rotatable bonds is 6. The van der Waals surface area contributed by atoms with Gasteiger partial charge in [0.05, 0.1) is 24.0 Å². The van der Waals surface area contributed by atoms with Gasteiger partial charge in [0.1, 0.15) is 0 Å². The number of esters is 2. The van der Waals surface area contributed by atoms with Crippen LogP contribution in [0.4, 0.5) is 0 Å². The van der Waals surface area contributed by atoms with Gasteiger partial charge in [-0.2, -0.15) is 0 Å². The standard InChI is InChI=1S/C30H44O4/c31-27(29-11-21-5-22(12-29)7-23(6-21)13-29)33-17-19-1-2-20(4-3-19)18-34-28(32)30-14-24-8-25(15-30)10-26(9-24)16-30/h19-26H,1-18H2. The predicted octanol–water partition coefficient (Wildman–Crippen LogP) is 6.31. The monoisotopic (exact) mass is 468 g/mol. The number of carbonyl (C=O) groups is 2. The van der Waals surface area contributed by atoms with Gasteiger partial charge in [-0.15, -0.1) is 0 Å². The first-order valence-electron chi connectivity index (χ1n) is 14.8. The summed E-state index contributed by atoms with van der Waals surface area (Å²) in [6.45, 7) is 1.22. The molecule has 0 aromatic rings. The molecule has 8 bridgehead atoms. The summed E-state index contributed by atoms with van der Waals surface area (Å²) in [5, 5.41) is 0. The summed E-state index contributed by atoms with van der Waals surface area (Å²) in [7, 11) is 0. The Kier molecular flexibility index (Phi) is 5.37. The molecule has 9 aliphatic rings. The summed E-state index contributed by atoms with van der Waals surface area (Å²) < 4.78 is 12.0. The first-order valence-corrected chi connectivity index (χ1v) is 14.8. The molecule has 0 unspecified atom stereocenters. The molecule has 0 saturated heterocycles. The van der Waals surface area contributed by atoms with Crippen molar-refractivity contribution in [3.05, 3.63) is 0 Å². The van der Waals surface area contributed by atoms with Crippen LogP contribution in [-0.4, -0.2) is 25.2 Å². The molecular formula is C30H44O4. The number of carbonyl (C=O) groups excluding carboxylic acids is 2. The summed E-state index contributed by atoms with van der Waals surface area (Å²) in [5.74, 6) is 5.99. The third-order valence-electron chi connectivity index (χ3n) is 11.8. The molecule has 9 saturated carbocycles. The van der Waals surface area contributed by atoms with Crippen LogP contribution in [-0.2, 0) is 19.1 Å². The maximum absolute atomic E-state index is 13.2. The fourth-order valence-electron chi connectivity index (χ4n) is 11.0. The average molecular weight is 469 g/mol. The Morgan fingerprint density at radius 2 is 0.765 bits per heavy atom. The van der Waals surface area contributed by atoms with Gasteiger partial charge >= 0.3 is 11.9 Å². The Hall–Kier alpha value is -1.06. The van der Waals surface area contributed by atoms with Crippen LogP contribution in [0.25, 0.3) is 0 Å². The Bertz CT molecular complexity index is 683. The Morgan fingerprint density at radius 1 is 0.500 bits per heavy atom. The molecule has 4 heteroatoms. The molecule has 0 aromatic heterocycles. The van der Waals surface area contributed by atoms with E-state index >= 15 is 0 Å². The van der Waals surface area contributed by atoms with Crippen LogP contribution in [0.3, 0.4) is 0 Å². The van der Waals surface area contributed by atoms with Crippen LogP contribution in [0.2, 0.25) is 0 Å².